The van der Waals surface area contributed by atoms with Gasteiger partial charge in [-0.1, -0.05) is 31.6 Å². The maximum atomic E-state index is 13.7. The molecule has 2 N–H and O–H groups in total. The van der Waals surface area contributed by atoms with Gasteiger partial charge in [-0.2, -0.15) is 10.1 Å². The summed E-state index contributed by atoms with van der Waals surface area (Å²) in [5, 5.41) is 28.6. The molecule has 9 heteroatoms. The Morgan fingerprint density at radius 2 is 1.95 bits per heavy atom. The summed E-state index contributed by atoms with van der Waals surface area (Å²) in [6.07, 6.45) is 7.35. The number of nitrogens with zero attached hydrogens (tertiary/aromatic N) is 3. The highest BCUT2D eigenvalue weighted by molar-refractivity contribution is 5.90. The van der Waals surface area contributed by atoms with Crippen LogP contribution in [0.15, 0.2) is 64.7 Å². The Hall–Kier alpha value is -3.82. The summed E-state index contributed by atoms with van der Waals surface area (Å²) in [6.45, 7) is 3.91. The number of benzene rings is 2. The number of para-hydroxylation sites is 2. The first-order valence-corrected chi connectivity index (χ1v) is 15.6. The fourth-order valence-electron chi connectivity index (χ4n) is 9.60. The summed E-state index contributed by atoms with van der Waals surface area (Å²) in [4.78, 5) is 18.0. The number of hydrogen-bond donors (Lipinski definition) is 2. The van der Waals surface area contributed by atoms with Gasteiger partial charge < -0.3 is 19.4 Å². The third-order valence-corrected chi connectivity index (χ3v) is 11.7. The van der Waals surface area contributed by atoms with Gasteiger partial charge in [0, 0.05) is 5.41 Å². The van der Waals surface area contributed by atoms with Crippen molar-refractivity contribution >= 4 is 23.0 Å². The number of ketones is 1. The first kappa shape index (κ1) is 27.7. The maximum absolute atomic E-state index is 13.7. The largest absolute Gasteiger partial charge is 0.442 e. The van der Waals surface area contributed by atoms with E-state index in [1.165, 1.54) is 17.7 Å². The molecule has 44 heavy (non-hydrogen) atoms. The van der Waals surface area contributed by atoms with Crippen molar-refractivity contribution in [2.75, 3.05) is 6.61 Å². The highest BCUT2D eigenvalue weighted by Crippen LogP contribution is 2.67. The van der Waals surface area contributed by atoms with Crippen molar-refractivity contribution in [2.24, 2.45) is 28.6 Å². The molecule has 4 aliphatic carbocycles. The van der Waals surface area contributed by atoms with E-state index in [9.17, 15) is 19.4 Å². The van der Waals surface area contributed by atoms with E-state index in [1.807, 2.05) is 29.9 Å². The lowest BCUT2D eigenvalue weighted by molar-refractivity contribution is -0.180. The Labute approximate surface area is 254 Å². The number of Topliss-reactive ketones (excluding diaryl/α,β-unsaturated/α-hetero) is 1. The summed E-state index contributed by atoms with van der Waals surface area (Å²) in [5.74, 6) is -0.423. The van der Waals surface area contributed by atoms with Gasteiger partial charge in [0.15, 0.2) is 12.2 Å². The fraction of sp³-hybridized carbons (Fsp3) is 0.457. The number of ether oxygens (including phenoxy) is 1. The Morgan fingerprint density at radius 1 is 1.16 bits per heavy atom. The molecule has 0 bridgehead atoms. The molecule has 8 rings (SSSR count). The molecule has 2 aromatic carbocycles. The van der Waals surface area contributed by atoms with Gasteiger partial charge in [0.25, 0.3) is 0 Å². The molecule has 0 saturated heterocycles. The van der Waals surface area contributed by atoms with E-state index in [1.54, 1.807) is 24.3 Å². The predicted molar refractivity (Wildman–Crippen MR) is 160 cm³/mol. The minimum absolute atomic E-state index is 0.00338. The molecule has 4 aliphatic rings. The van der Waals surface area contributed by atoms with Crippen LogP contribution in [0.4, 0.5) is 4.39 Å². The van der Waals surface area contributed by atoms with Crippen molar-refractivity contribution in [1.29, 1.82) is 0 Å². The van der Waals surface area contributed by atoms with Gasteiger partial charge in [0.05, 0.1) is 23.7 Å². The quantitative estimate of drug-likeness (QED) is 0.304. The Kier molecular flexibility index (Phi) is 6.04. The molecular weight excluding hydrogens is 561 g/mol. The average Bonchev–Trinajstić information content (AvgIpc) is 3.68. The normalized spacial score (nSPS) is 34.1. The number of halogens is 1. The van der Waals surface area contributed by atoms with E-state index in [2.05, 4.69) is 23.1 Å². The van der Waals surface area contributed by atoms with E-state index < -0.39 is 22.9 Å². The Morgan fingerprint density at radius 3 is 2.75 bits per heavy atom. The first-order valence-electron chi connectivity index (χ1n) is 15.6. The van der Waals surface area contributed by atoms with Crippen LogP contribution in [0.25, 0.3) is 22.9 Å². The molecule has 5 unspecified atom stereocenters. The monoisotopic (exact) mass is 597 g/mol. The van der Waals surface area contributed by atoms with E-state index in [4.69, 9.17) is 9.15 Å². The number of aliphatic hydroxyl groups is 2. The maximum Gasteiger partial charge on any atom is 0.395 e. The minimum Gasteiger partial charge on any atom is -0.442 e. The SMILES string of the molecule is CC12Cc3cnn(-c4ccc(F)cc4)c3C=C1CCC1C2[C@@H](O)CC2(C)C1CC[C@]2(O)C(=O)COc1nc2ccccc2o1. The summed E-state index contributed by atoms with van der Waals surface area (Å²) in [7, 11) is 0. The highest BCUT2D eigenvalue weighted by atomic mass is 19.1. The third-order valence-electron chi connectivity index (χ3n) is 11.7. The lowest BCUT2D eigenvalue weighted by Gasteiger charge is -2.60. The molecule has 7 atom stereocenters. The van der Waals surface area contributed by atoms with Crippen LogP contribution in [-0.2, 0) is 11.2 Å². The highest BCUT2D eigenvalue weighted by Gasteiger charge is 2.68. The van der Waals surface area contributed by atoms with E-state index in [0.717, 1.165) is 42.6 Å². The molecule has 2 aromatic heterocycles. The molecular formula is C35H36FN3O5. The second-order valence-electron chi connectivity index (χ2n) is 13.8. The molecule has 228 valence electrons. The number of allylic oxidation sites excluding steroid dienone is 1. The fourth-order valence-corrected chi connectivity index (χ4v) is 9.60. The molecule has 3 saturated carbocycles. The molecule has 4 aromatic rings. The minimum atomic E-state index is -1.61. The summed E-state index contributed by atoms with van der Waals surface area (Å²) in [5.41, 5.74) is 2.78. The van der Waals surface area contributed by atoms with Crippen LogP contribution < -0.4 is 4.74 Å². The van der Waals surface area contributed by atoms with Crippen molar-refractivity contribution in [2.45, 2.75) is 64.1 Å². The van der Waals surface area contributed by atoms with E-state index in [-0.39, 0.29) is 41.7 Å². The first-order chi connectivity index (χ1) is 21.1. The molecule has 8 nitrogen and oxygen atoms in total. The van der Waals surface area contributed by atoms with E-state index >= 15 is 0 Å². The smallest absolute Gasteiger partial charge is 0.395 e. The summed E-state index contributed by atoms with van der Waals surface area (Å²) < 4.78 is 26.7. The number of aromatic nitrogens is 3. The third kappa shape index (κ3) is 3.84. The van der Waals surface area contributed by atoms with Crippen LogP contribution >= 0.6 is 0 Å². The van der Waals surface area contributed by atoms with Crippen molar-refractivity contribution in [3.8, 4) is 11.8 Å². The zero-order valence-electron chi connectivity index (χ0n) is 24.9. The van der Waals surface area contributed by atoms with Gasteiger partial charge in [0.2, 0.25) is 5.78 Å². The van der Waals surface area contributed by atoms with Crippen molar-refractivity contribution in [3.05, 3.63) is 77.4 Å². The second kappa shape index (κ2) is 9.59. The van der Waals surface area contributed by atoms with Crippen molar-refractivity contribution < 1.29 is 28.6 Å². The summed E-state index contributed by atoms with van der Waals surface area (Å²) >= 11 is 0. The number of fused-ring (bicyclic) bond motifs is 7. The van der Waals surface area contributed by atoms with Crippen molar-refractivity contribution in [1.82, 2.24) is 14.8 Å². The van der Waals surface area contributed by atoms with Crippen LogP contribution in [0.2, 0.25) is 0 Å². The van der Waals surface area contributed by atoms with Crippen LogP contribution in [0.1, 0.15) is 57.2 Å². The van der Waals surface area contributed by atoms with Gasteiger partial charge in [-0.3, -0.25) is 4.79 Å². The Bertz CT molecular complexity index is 1780. The van der Waals surface area contributed by atoms with Crippen LogP contribution in [0.5, 0.6) is 6.08 Å². The average molecular weight is 598 g/mol. The van der Waals surface area contributed by atoms with Crippen LogP contribution in [-0.4, -0.2) is 49.1 Å². The molecule has 0 amide bonds. The van der Waals surface area contributed by atoms with Crippen molar-refractivity contribution in [3.63, 3.8) is 0 Å². The zero-order valence-corrected chi connectivity index (χ0v) is 24.9. The number of carbonyl (C=O) groups excluding carboxylic acids is 1. The van der Waals surface area contributed by atoms with Gasteiger partial charge in [-0.25, -0.2) is 9.07 Å². The summed E-state index contributed by atoms with van der Waals surface area (Å²) in [6, 6.07) is 13.6. The number of oxazole rings is 1. The number of rotatable bonds is 5. The Balaban J connectivity index is 1.05. The molecule has 0 radical (unpaired) electrons. The molecule has 2 heterocycles. The number of aliphatic hydroxyl groups excluding tert-OH is 1. The number of carbonyl (C=O) groups is 1. The molecule has 0 spiro atoms. The number of hydrogen-bond acceptors (Lipinski definition) is 7. The topological polar surface area (TPSA) is 111 Å². The molecule has 0 aliphatic heterocycles. The molecule has 3 fully saturated rings. The standard InChI is InChI=1S/C35H36FN3O5/c1-33-16-20-18-37-39(23-10-8-22(36)9-11-23)27(20)15-21(33)7-12-24-25-13-14-35(42,34(25,2)17-28(40)31(24)33)30(41)19-43-32-38-26-5-3-4-6-29(26)44-32/h3-6,8-11,15,18,24-25,28,31,40,42H,7,12-14,16-17,19H2,1-2H3/t24?,25?,28-,31?,33?,34?,35-/m0/s1. The lowest BCUT2D eigenvalue weighted by atomic mass is 9.45. The van der Waals surface area contributed by atoms with Crippen LogP contribution in [0.3, 0.4) is 0 Å². The van der Waals surface area contributed by atoms with Crippen LogP contribution in [0, 0.1) is 34.4 Å². The predicted octanol–water partition coefficient (Wildman–Crippen LogP) is 5.68. The zero-order chi connectivity index (χ0) is 30.4. The van der Waals surface area contributed by atoms with Gasteiger partial charge in [-0.15, -0.1) is 0 Å². The van der Waals surface area contributed by atoms with E-state index in [0.29, 0.717) is 23.9 Å². The lowest BCUT2D eigenvalue weighted by Crippen LogP contribution is -2.62. The van der Waals surface area contributed by atoms with Gasteiger partial charge in [0.1, 0.15) is 16.9 Å². The van der Waals surface area contributed by atoms with Gasteiger partial charge in [-0.05, 0) is 110 Å². The second-order valence-corrected chi connectivity index (χ2v) is 13.8. The van der Waals surface area contributed by atoms with Gasteiger partial charge >= 0.3 is 6.08 Å².